The molecule has 1 aliphatic carbocycles. The summed E-state index contributed by atoms with van der Waals surface area (Å²) in [6, 6.07) is 10.6. The van der Waals surface area contributed by atoms with Gasteiger partial charge in [0.1, 0.15) is 0 Å². The number of halogens is 1. The van der Waals surface area contributed by atoms with Gasteiger partial charge in [0.15, 0.2) is 0 Å². The first-order valence-corrected chi connectivity index (χ1v) is 5.60. The largest absolute Gasteiger partial charge is 0.0728 e. The molecular weight excluding hydrogens is 236 g/mol. The van der Waals surface area contributed by atoms with Crippen LogP contribution in [0, 0.1) is 0 Å². The van der Waals surface area contributed by atoms with Crippen LogP contribution < -0.4 is 0 Å². The van der Waals surface area contributed by atoms with Gasteiger partial charge in [-0.1, -0.05) is 71.4 Å². The Morgan fingerprint density at radius 3 is 2.50 bits per heavy atom. The Balaban J connectivity index is 2.32. The minimum Gasteiger partial charge on any atom is -0.0728 e. The molecule has 14 heavy (non-hydrogen) atoms. The molecule has 0 nitrogen and oxygen atoms in total. The van der Waals surface area contributed by atoms with Crippen LogP contribution in [-0.4, -0.2) is 0 Å². The fraction of sp³-hybridized carbons (Fsp3) is 0.231. The van der Waals surface area contributed by atoms with Crippen LogP contribution in [0.3, 0.4) is 0 Å². The molecule has 1 aromatic carbocycles. The summed E-state index contributed by atoms with van der Waals surface area (Å²) in [5.41, 5.74) is 1.55. The molecule has 2 rings (SSSR count). The third-order valence-electron chi connectivity index (χ3n) is 2.76. The van der Waals surface area contributed by atoms with E-state index in [1.807, 2.05) is 0 Å². The predicted octanol–water partition coefficient (Wildman–Crippen LogP) is 4.18. The number of hydrogen-bond donors (Lipinski definition) is 0. The smallest absolute Gasteiger partial charge is 0.0142 e. The van der Waals surface area contributed by atoms with Crippen molar-refractivity contribution in [1.82, 2.24) is 0 Å². The SMILES string of the molecule is CC1(c2ccccc2)C=CC(Br)=CC1. The van der Waals surface area contributed by atoms with Crippen molar-refractivity contribution in [2.75, 3.05) is 0 Å². The summed E-state index contributed by atoms with van der Waals surface area (Å²) in [5.74, 6) is 0. The van der Waals surface area contributed by atoms with E-state index in [0.29, 0.717) is 0 Å². The van der Waals surface area contributed by atoms with Crippen molar-refractivity contribution in [3.05, 3.63) is 58.6 Å². The Kier molecular flexibility index (Phi) is 2.60. The summed E-state index contributed by atoms with van der Waals surface area (Å²) >= 11 is 3.49. The van der Waals surface area contributed by atoms with Crippen molar-refractivity contribution < 1.29 is 0 Å². The highest BCUT2D eigenvalue weighted by molar-refractivity contribution is 9.11. The van der Waals surface area contributed by atoms with Gasteiger partial charge >= 0.3 is 0 Å². The fourth-order valence-electron chi connectivity index (χ4n) is 1.74. The highest BCUT2D eigenvalue weighted by Crippen LogP contribution is 2.34. The lowest BCUT2D eigenvalue weighted by Gasteiger charge is -2.27. The third-order valence-corrected chi connectivity index (χ3v) is 3.35. The van der Waals surface area contributed by atoms with E-state index in [1.165, 1.54) is 10.0 Å². The number of rotatable bonds is 1. The zero-order chi connectivity index (χ0) is 10.0. The highest BCUT2D eigenvalue weighted by atomic mass is 79.9. The van der Waals surface area contributed by atoms with E-state index in [-0.39, 0.29) is 5.41 Å². The average Bonchev–Trinajstić information content (AvgIpc) is 2.24. The molecule has 0 aromatic heterocycles. The van der Waals surface area contributed by atoms with E-state index in [4.69, 9.17) is 0 Å². The molecule has 1 atom stereocenters. The Labute approximate surface area is 93.5 Å². The van der Waals surface area contributed by atoms with Crippen molar-refractivity contribution in [3.8, 4) is 0 Å². The van der Waals surface area contributed by atoms with Crippen LogP contribution in [0.4, 0.5) is 0 Å². The lowest BCUT2D eigenvalue weighted by molar-refractivity contribution is 0.599. The van der Waals surface area contributed by atoms with Crippen LogP contribution in [0.2, 0.25) is 0 Å². The quantitative estimate of drug-likeness (QED) is 0.700. The van der Waals surface area contributed by atoms with Gasteiger partial charge < -0.3 is 0 Å². The molecule has 1 unspecified atom stereocenters. The minimum atomic E-state index is 0.165. The molecule has 0 amide bonds. The summed E-state index contributed by atoms with van der Waals surface area (Å²) in [4.78, 5) is 0. The summed E-state index contributed by atoms with van der Waals surface area (Å²) in [6.07, 6.45) is 7.70. The Morgan fingerprint density at radius 2 is 1.93 bits per heavy atom. The minimum absolute atomic E-state index is 0.165. The summed E-state index contributed by atoms with van der Waals surface area (Å²) in [5, 5.41) is 0. The summed E-state index contributed by atoms with van der Waals surface area (Å²) in [6.45, 7) is 2.27. The maximum Gasteiger partial charge on any atom is 0.0142 e. The highest BCUT2D eigenvalue weighted by Gasteiger charge is 2.23. The summed E-state index contributed by atoms with van der Waals surface area (Å²) in [7, 11) is 0. The summed E-state index contributed by atoms with van der Waals surface area (Å²) < 4.78 is 1.19. The van der Waals surface area contributed by atoms with E-state index in [9.17, 15) is 0 Å². The Bertz CT molecular complexity index is 375. The molecule has 0 aliphatic heterocycles. The first-order valence-electron chi connectivity index (χ1n) is 4.81. The van der Waals surface area contributed by atoms with Crippen LogP contribution in [0.5, 0.6) is 0 Å². The maximum absolute atomic E-state index is 3.49. The molecule has 0 spiro atoms. The third kappa shape index (κ3) is 1.83. The molecule has 0 saturated heterocycles. The Hall–Kier alpha value is -0.820. The molecule has 0 bridgehead atoms. The second-order valence-electron chi connectivity index (χ2n) is 3.91. The van der Waals surface area contributed by atoms with Gasteiger partial charge in [0.2, 0.25) is 0 Å². The van der Waals surface area contributed by atoms with E-state index < -0.39 is 0 Å². The molecule has 0 N–H and O–H groups in total. The van der Waals surface area contributed by atoms with Crippen molar-refractivity contribution in [2.45, 2.75) is 18.8 Å². The van der Waals surface area contributed by atoms with Gasteiger partial charge in [0.05, 0.1) is 0 Å². The average molecular weight is 249 g/mol. The molecule has 1 aliphatic rings. The van der Waals surface area contributed by atoms with Gasteiger partial charge in [-0.15, -0.1) is 0 Å². The van der Waals surface area contributed by atoms with Crippen molar-refractivity contribution in [2.24, 2.45) is 0 Å². The first-order chi connectivity index (χ1) is 6.71. The van der Waals surface area contributed by atoms with Gasteiger partial charge in [-0.3, -0.25) is 0 Å². The lowest BCUT2D eigenvalue weighted by atomic mass is 9.77. The molecule has 0 radical (unpaired) electrons. The number of allylic oxidation sites excluding steroid dienone is 4. The lowest BCUT2D eigenvalue weighted by Crippen LogP contribution is -2.19. The van der Waals surface area contributed by atoms with Gasteiger partial charge in [-0.05, 0) is 12.0 Å². The van der Waals surface area contributed by atoms with Crippen molar-refractivity contribution >= 4 is 15.9 Å². The van der Waals surface area contributed by atoms with Crippen LogP contribution >= 0.6 is 15.9 Å². The van der Waals surface area contributed by atoms with Crippen LogP contribution in [0.15, 0.2) is 53.0 Å². The van der Waals surface area contributed by atoms with Gasteiger partial charge in [-0.2, -0.15) is 0 Å². The van der Waals surface area contributed by atoms with E-state index >= 15 is 0 Å². The molecule has 0 fully saturated rings. The second kappa shape index (κ2) is 3.74. The maximum atomic E-state index is 3.49. The van der Waals surface area contributed by atoms with Gasteiger partial charge in [0, 0.05) is 9.90 Å². The van der Waals surface area contributed by atoms with Crippen molar-refractivity contribution in [1.29, 1.82) is 0 Å². The van der Waals surface area contributed by atoms with Crippen LogP contribution in [0.1, 0.15) is 18.9 Å². The van der Waals surface area contributed by atoms with Gasteiger partial charge in [0.25, 0.3) is 0 Å². The van der Waals surface area contributed by atoms with Crippen molar-refractivity contribution in [3.63, 3.8) is 0 Å². The predicted molar refractivity (Wildman–Crippen MR) is 64.6 cm³/mol. The van der Waals surface area contributed by atoms with E-state index in [0.717, 1.165) is 6.42 Å². The number of benzene rings is 1. The fourth-order valence-corrected chi connectivity index (χ4v) is 2.04. The van der Waals surface area contributed by atoms with Gasteiger partial charge in [-0.25, -0.2) is 0 Å². The molecule has 72 valence electrons. The van der Waals surface area contributed by atoms with E-state index in [2.05, 4.69) is 71.4 Å². The second-order valence-corrected chi connectivity index (χ2v) is 4.83. The normalized spacial score (nSPS) is 26.0. The standard InChI is InChI=1S/C13H13Br/c1-13(9-7-12(14)8-10-13)11-5-3-2-4-6-11/h2-9H,10H2,1H3. The first kappa shape index (κ1) is 9.72. The zero-order valence-electron chi connectivity index (χ0n) is 8.20. The zero-order valence-corrected chi connectivity index (χ0v) is 9.79. The number of hydrogen-bond acceptors (Lipinski definition) is 0. The molecule has 1 aromatic rings. The van der Waals surface area contributed by atoms with E-state index in [1.54, 1.807) is 0 Å². The Morgan fingerprint density at radius 1 is 1.21 bits per heavy atom. The molecular formula is C13H13Br. The molecule has 0 saturated carbocycles. The topological polar surface area (TPSA) is 0 Å². The van der Waals surface area contributed by atoms with Crippen LogP contribution in [-0.2, 0) is 5.41 Å². The monoisotopic (exact) mass is 248 g/mol. The molecule has 1 heteroatoms. The van der Waals surface area contributed by atoms with Crippen LogP contribution in [0.25, 0.3) is 0 Å². The molecule has 0 heterocycles.